The van der Waals surface area contributed by atoms with Gasteiger partial charge in [-0.1, -0.05) is 24.9 Å². The summed E-state index contributed by atoms with van der Waals surface area (Å²) in [6, 6.07) is 2.90. The minimum atomic E-state index is -3.46. The first-order valence-corrected chi connectivity index (χ1v) is 9.59. The number of hydrogen-bond acceptors (Lipinski definition) is 3. The van der Waals surface area contributed by atoms with E-state index in [4.69, 9.17) is 11.6 Å². The summed E-state index contributed by atoms with van der Waals surface area (Å²) >= 11 is 5.90. The van der Waals surface area contributed by atoms with Crippen LogP contribution in [0.5, 0.6) is 0 Å². The van der Waals surface area contributed by atoms with Crippen molar-refractivity contribution in [1.29, 1.82) is 0 Å². The maximum absolute atomic E-state index is 13.1. The number of amides is 1. The molecule has 5 nitrogen and oxygen atoms in total. The van der Waals surface area contributed by atoms with Gasteiger partial charge in [-0.25, -0.2) is 12.8 Å². The Morgan fingerprint density at radius 1 is 1.43 bits per heavy atom. The van der Waals surface area contributed by atoms with E-state index >= 15 is 0 Å². The zero-order valence-corrected chi connectivity index (χ0v) is 14.5. The van der Waals surface area contributed by atoms with Gasteiger partial charge in [0.25, 0.3) is 0 Å². The molecule has 1 atom stereocenters. The van der Waals surface area contributed by atoms with Crippen LogP contribution >= 0.6 is 11.6 Å². The number of nitrogens with zero attached hydrogens (tertiary/aromatic N) is 1. The maximum Gasteiger partial charge on any atom is 0.242 e. The average Bonchev–Trinajstić information content (AvgIpc) is 2.50. The second-order valence-electron chi connectivity index (χ2n) is 5.55. The number of sulfonamides is 1. The molecule has 0 radical (unpaired) electrons. The van der Waals surface area contributed by atoms with E-state index in [-0.39, 0.29) is 16.5 Å². The minimum absolute atomic E-state index is 0.0219. The Labute approximate surface area is 140 Å². The van der Waals surface area contributed by atoms with Gasteiger partial charge < -0.3 is 5.32 Å². The van der Waals surface area contributed by atoms with Gasteiger partial charge in [-0.15, -0.1) is 0 Å². The minimum Gasteiger partial charge on any atom is -0.323 e. The van der Waals surface area contributed by atoms with E-state index in [0.29, 0.717) is 19.4 Å². The van der Waals surface area contributed by atoms with Gasteiger partial charge in [0.1, 0.15) is 11.9 Å². The molecule has 0 saturated carbocycles. The molecule has 0 aliphatic carbocycles. The van der Waals surface area contributed by atoms with Crippen LogP contribution in [0.4, 0.5) is 10.1 Å². The zero-order chi connectivity index (χ0) is 17.0. The van der Waals surface area contributed by atoms with Crippen molar-refractivity contribution >= 4 is 33.2 Å². The molecule has 2 rings (SSSR count). The second kappa shape index (κ2) is 7.59. The number of hydrogen-bond donors (Lipinski definition) is 1. The molecule has 0 spiro atoms. The van der Waals surface area contributed by atoms with Crippen molar-refractivity contribution in [3.63, 3.8) is 0 Å². The molecule has 8 heteroatoms. The van der Waals surface area contributed by atoms with E-state index in [2.05, 4.69) is 5.32 Å². The fourth-order valence-electron chi connectivity index (χ4n) is 2.68. The third kappa shape index (κ3) is 4.43. The molecule has 1 aromatic carbocycles. The van der Waals surface area contributed by atoms with Gasteiger partial charge in [-0.2, -0.15) is 4.31 Å². The lowest BCUT2D eigenvalue weighted by Gasteiger charge is -2.33. The van der Waals surface area contributed by atoms with Crippen LogP contribution in [0, 0.1) is 5.82 Å². The number of anilines is 1. The Balaban J connectivity index is 2.18. The van der Waals surface area contributed by atoms with Gasteiger partial charge in [-0.05, 0) is 37.5 Å². The van der Waals surface area contributed by atoms with Gasteiger partial charge in [0.15, 0.2) is 0 Å². The first-order chi connectivity index (χ1) is 10.8. The molecule has 23 heavy (non-hydrogen) atoms. The smallest absolute Gasteiger partial charge is 0.242 e. The third-order valence-electron chi connectivity index (χ3n) is 3.76. The second-order valence-corrected chi connectivity index (χ2v) is 8.00. The van der Waals surface area contributed by atoms with Crippen molar-refractivity contribution in [2.75, 3.05) is 17.6 Å². The number of nitrogens with one attached hydrogen (secondary N) is 1. The molecule has 0 aromatic heterocycles. The highest BCUT2D eigenvalue weighted by atomic mass is 35.5. The van der Waals surface area contributed by atoms with Gasteiger partial charge in [0.2, 0.25) is 15.9 Å². The van der Waals surface area contributed by atoms with Crippen molar-refractivity contribution in [3.05, 3.63) is 29.0 Å². The van der Waals surface area contributed by atoms with Crippen molar-refractivity contribution in [1.82, 2.24) is 4.31 Å². The van der Waals surface area contributed by atoms with Crippen LogP contribution in [0.25, 0.3) is 0 Å². The summed E-state index contributed by atoms with van der Waals surface area (Å²) in [7, 11) is -3.46. The highest BCUT2D eigenvalue weighted by Crippen LogP contribution is 2.26. The summed E-state index contributed by atoms with van der Waals surface area (Å²) in [6.45, 7) is 2.13. The van der Waals surface area contributed by atoms with E-state index < -0.39 is 27.8 Å². The van der Waals surface area contributed by atoms with E-state index in [1.165, 1.54) is 16.4 Å². The summed E-state index contributed by atoms with van der Waals surface area (Å²) in [5.41, 5.74) is 0.275. The molecule has 1 aromatic rings. The fourth-order valence-corrected chi connectivity index (χ4v) is 4.64. The largest absolute Gasteiger partial charge is 0.323 e. The van der Waals surface area contributed by atoms with Gasteiger partial charge >= 0.3 is 0 Å². The van der Waals surface area contributed by atoms with Gasteiger partial charge in [-0.3, -0.25) is 4.79 Å². The SMILES string of the molecule is CCCS(=O)(=O)N1CCCCC1C(=O)Nc1ccc(F)cc1Cl. The Morgan fingerprint density at radius 3 is 2.83 bits per heavy atom. The molecular weight excluding hydrogens is 343 g/mol. The molecule has 1 fully saturated rings. The average molecular weight is 363 g/mol. The summed E-state index contributed by atoms with van der Waals surface area (Å²) in [5, 5.41) is 2.69. The van der Waals surface area contributed by atoms with E-state index in [1.54, 1.807) is 6.92 Å². The monoisotopic (exact) mass is 362 g/mol. The number of rotatable bonds is 5. The molecule has 1 heterocycles. The summed E-state index contributed by atoms with van der Waals surface area (Å²) < 4.78 is 39.0. The van der Waals surface area contributed by atoms with Crippen LogP contribution in [0.2, 0.25) is 5.02 Å². The maximum atomic E-state index is 13.1. The Hall–Kier alpha value is -1.18. The van der Waals surface area contributed by atoms with Gasteiger partial charge in [0.05, 0.1) is 16.5 Å². The molecule has 0 bridgehead atoms. The molecule has 1 amide bonds. The van der Waals surface area contributed by atoms with Gasteiger partial charge in [0, 0.05) is 6.54 Å². The van der Waals surface area contributed by atoms with Crippen LogP contribution < -0.4 is 5.32 Å². The zero-order valence-electron chi connectivity index (χ0n) is 12.9. The molecule has 1 N–H and O–H groups in total. The quantitative estimate of drug-likeness (QED) is 0.875. The van der Waals surface area contributed by atoms with Crippen LogP contribution in [0.1, 0.15) is 32.6 Å². The third-order valence-corrected chi connectivity index (χ3v) is 6.15. The van der Waals surface area contributed by atoms with Crippen molar-refractivity contribution in [3.8, 4) is 0 Å². The lowest BCUT2D eigenvalue weighted by Crippen LogP contribution is -2.50. The molecule has 1 unspecified atom stereocenters. The lowest BCUT2D eigenvalue weighted by molar-refractivity contribution is -0.120. The highest BCUT2D eigenvalue weighted by molar-refractivity contribution is 7.89. The standard InChI is InChI=1S/C15H20ClFN2O3S/c1-2-9-23(21,22)19-8-4-3-5-14(19)15(20)18-13-7-6-11(17)10-12(13)16/h6-7,10,14H,2-5,8-9H2,1H3,(H,18,20). The first-order valence-electron chi connectivity index (χ1n) is 7.60. The Kier molecular flexibility index (Phi) is 6.00. The molecule has 1 aliphatic rings. The number of halogens is 2. The number of benzene rings is 1. The molecule has 128 valence electrons. The summed E-state index contributed by atoms with van der Waals surface area (Å²) in [5.74, 6) is -0.913. The predicted octanol–water partition coefficient (Wildman–Crippen LogP) is 3.01. The van der Waals surface area contributed by atoms with Crippen molar-refractivity contribution in [2.45, 2.75) is 38.6 Å². The van der Waals surface area contributed by atoms with E-state index in [9.17, 15) is 17.6 Å². The normalized spacial score (nSPS) is 19.5. The number of piperidine rings is 1. The Bertz CT molecular complexity index is 681. The van der Waals surface area contributed by atoms with Crippen LogP contribution in [-0.2, 0) is 14.8 Å². The van der Waals surface area contributed by atoms with E-state index in [0.717, 1.165) is 18.9 Å². The highest BCUT2D eigenvalue weighted by Gasteiger charge is 2.36. The van der Waals surface area contributed by atoms with E-state index in [1.807, 2.05) is 0 Å². The lowest BCUT2D eigenvalue weighted by atomic mass is 10.0. The van der Waals surface area contributed by atoms with Crippen molar-refractivity contribution in [2.24, 2.45) is 0 Å². The topological polar surface area (TPSA) is 66.5 Å². The van der Waals surface area contributed by atoms with Crippen molar-refractivity contribution < 1.29 is 17.6 Å². The summed E-state index contributed by atoms with van der Waals surface area (Å²) in [6.07, 6.45) is 2.49. The number of carbonyl (C=O) groups is 1. The summed E-state index contributed by atoms with van der Waals surface area (Å²) in [4.78, 5) is 12.5. The van der Waals surface area contributed by atoms with Crippen LogP contribution in [0.15, 0.2) is 18.2 Å². The number of carbonyl (C=O) groups excluding carboxylic acids is 1. The molecule has 1 aliphatic heterocycles. The predicted molar refractivity (Wildman–Crippen MR) is 88.5 cm³/mol. The fraction of sp³-hybridized carbons (Fsp3) is 0.533. The molecular formula is C15H20ClFN2O3S. The van der Waals surface area contributed by atoms with Crippen LogP contribution in [-0.4, -0.2) is 37.0 Å². The first kappa shape index (κ1) is 18.2. The molecule has 1 saturated heterocycles. The Morgan fingerprint density at radius 2 is 2.17 bits per heavy atom. The van der Waals surface area contributed by atoms with Crippen LogP contribution in [0.3, 0.4) is 0 Å².